The number of piperidine rings is 1. The summed E-state index contributed by atoms with van der Waals surface area (Å²) in [5, 5.41) is 10.2. The molecular weight excluding hydrogens is 459 g/mol. The van der Waals surface area contributed by atoms with Gasteiger partial charge in [0.2, 0.25) is 5.91 Å². The summed E-state index contributed by atoms with van der Waals surface area (Å²) in [5.74, 6) is 1.10. The summed E-state index contributed by atoms with van der Waals surface area (Å²) in [5.41, 5.74) is 4.20. The minimum Gasteiger partial charge on any atom is -0.366 e. The molecule has 1 unspecified atom stereocenters. The van der Waals surface area contributed by atoms with Gasteiger partial charge in [-0.15, -0.1) is 0 Å². The van der Waals surface area contributed by atoms with Gasteiger partial charge in [-0.05, 0) is 46.3 Å². The molecule has 182 valence electrons. The van der Waals surface area contributed by atoms with E-state index < -0.39 is 0 Å². The maximum absolute atomic E-state index is 13.3. The van der Waals surface area contributed by atoms with Crippen LogP contribution in [0, 0.1) is 0 Å². The molecule has 1 saturated heterocycles. The maximum Gasteiger partial charge on any atom is 0.227 e. The van der Waals surface area contributed by atoms with Gasteiger partial charge in [0.1, 0.15) is 13.7 Å². The number of benzene rings is 2. The average molecular weight is 486 g/mol. The van der Waals surface area contributed by atoms with E-state index in [2.05, 4.69) is 45.7 Å². The lowest BCUT2D eigenvalue weighted by atomic mass is 9.93. The molecule has 2 aromatic carbocycles. The number of pyridine rings is 1. The number of likely N-dealkylation sites (tertiary alicyclic amines) is 1. The van der Waals surface area contributed by atoms with Crippen LogP contribution in [0.1, 0.15) is 35.6 Å². The molecule has 37 heavy (non-hydrogen) atoms. The summed E-state index contributed by atoms with van der Waals surface area (Å²) in [6.07, 6.45) is 7.53. The normalized spacial score (nSPS) is 15.8. The van der Waals surface area contributed by atoms with Gasteiger partial charge in [0.05, 0.1) is 12.1 Å². The Morgan fingerprint density at radius 1 is 1.03 bits per heavy atom. The number of carbonyl (C=O) groups excluding carboxylic acids is 1. The Morgan fingerprint density at radius 2 is 1.92 bits per heavy atom. The molecule has 1 aliphatic rings. The minimum absolute atomic E-state index is 0.132. The smallest absolute Gasteiger partial charge is 0.227 e. The monoisotopic (exact) mass is 486 g/mol. The number of amides is 1. The Kier molecular flexibility index (Phi) is 6.31. The zero-order chi connectivity index (χ0) is 25.2. The number of fused-ring (bicyclic) bond motifs is 2. The zero-order valence-corrected chi connectivity index (χ0v) is 20.5. The van der Waals surface area contributed by atoms with Crippen LogP contribution in [0.5, 0.6) is 0 Å². The van der Waals surface area contributed by atoms with Gasteiger partial charge in [-0.3, -0.25) is 9.78 Å². The lowest BCUT2D eigenvalue weighted by Crippen LogP contribution is -2.40. The topological polar surface area (TPSA) is 75.4 Å². The number of carbonyl (C=O) groups is 1. The van der Waals surface area contributed by atoms with Crippen LogP contribution in [-0.4, -0.2) is 51.3 Å². The number of hydrogen-bond donors (Lipinski definition) is 1. The highest BCUT2D eigenvalue weighted by atomic mass is 16.2. The highest BCUT2D eigenvalue weighted by Gasteiger charge is 2.27. The molecule has 0 bridgehead atoms. The van der Waals surface area contributed by atoms with E-state index in [1.165, 1.54) is 5.39 Å². The molecular formula is C29H27BN6O. The SMILES string of the molecule is [B]c1cnn2c(NCc3cccnc3)cc(C3CCCN(C(=O)Cc4ccc5ccccc5c4)C3)nc12. The molecule has 0 aliphatic carbocycles. The van der Waals surface area contributed by atoms with Gasteiger partial charge in [0.25, 0.3) is 0 Å². The van der Waals surface area contributed by atoms with E-state index in [-0.39, 0.29) is 11.8 Å². The molecule has 4 heterocycles. The van der Waals surface area contributed by atoms with Crippen molar-refractivity contribution < 1.29 is 4.79 Å². The van der Waals surface area contributed by atoms with E-state index in [0.717, 1.165) is 47.4 Å². The quantitative estimate of drug-likeness (QED) is 0.371. The summed E-state index contributed by atoms with van der Waals surface area (Å²) in [6.45, 7) is 2.02. The number of rotatable bonds is 6. The second-order valence-electron chi connectivity index (χ2n) is 9.65. The van der Waals surface area contributed by atoms with Crippen molar-refractivity contribution in [3.8, 4) is 0 Å². The van der Waals surface area contributed by atoms with E-state index >= 15 is 0 Å². The fraction of sp³-hybridized carbons (Fsp3) is 0.241. The first-order chi connectivity index (χ1) is 18.1. The van der Waals surface area contributed by atoms with Crippen molar-refractivity contribution in [3.05, 3.63) is 96.1 Å². The van der Waals surface area contributed by atoms with Crippen LogP contribution in [0.4, 0.5) is 5.82 Å². The number of nitrogens with one attached hydrogen (secondary N) is 1. The van der Waals surface area contributed by atoms with Crippen LogP contribution < -0.4 is 10.8 Å². The number of anilines is 1. The van der Waals surface area contributed by atoms with E-state index in [1.54, 1.807) is 16.9 Å². The van der Waals surface area contributed by atoms with Crippen LogP contribution in [0.2, 0.25) is 0 Å². The number of aromatic nitrogens is 4. The third-order valence-electron chi connectivity index (χ3n) is 7.08. The van der Waals surface area contributed by atoms with E-state index in [0.29, 0.717) is 30.6 Å². The molecule has 0 spiro atoms. The molecule has 1 atom stereocenters. The van der Waals surface area contributed by atoms with Crippen molar-refractivity contribution in [2.45, 2.75) is 31.7 Å². The molecule has 1 aliphatic heterocycles. The summed E-state index contributed by atoms with van der Waals surface area (Å²) in [6, 6.07) is 20.5. The van der Waals surface area contributed by atoms with Crippen molar-refractivity contribution in [1.29, 1.82) is 0 Å². The first-order valence-corrected chi connectivity index (χ1v) is 12.7. The third kappa shape index (κ3) is 4.92. The van der Waals surface area contributed by atoms with Crippen LogP contribution >= 0.6 is 0 Å². The average Bonchev–Trinajstić information content (AvgIpc) is 3.33. The van der Waals surface area contributed by atoms with Crippen molar-refractivity contribution >= 4 is 41.5 Å². The Hall–Kier alpha value is -4.20. The first-order valence-electron chi connectivity index (χ1n) is 12.7. The molecule has 0 saturated carbocycles. The summed E-state index contributed by atoms with van der Waals surface area (Å²) in [7, 11) is 6.20. The highest BCUT2D eigenvalue weighted by molar-refractivity contribution is 6.36. The largest absolute Gasteiger partial charge is 0.366 e. The van der Waals surface area contributed by atoms with Gasteiger partial charge < -0.3 is 10.2 Å². The number of hydrogen-bond acceptors (Lipinski definition) is 5. The molecule has 1 N–H and O–H groups in total. The Balaban J connectivity index is 1.21. The first kappa shape index (κ1) is 23.2. The minimum atomic E-state index is 0.132. The lowest BCUT2D eigenvalue weighted by Gasteiger charge is -2.33. The highest BCUT2D eigenvalue weighted by Crippen LogP contribution is 2.28. The van der Waals surface area contributed by atoms with E-state index in [9.17, 15) is 4.79 Å². The summed E-state index contributed by atoms with van der Waals surface area (Å²) in [4.78, 5) is 24.3. The van der Waals surface area contributed by atoms with Crippen LogP contribution in [0.25, 0.3) is 16.4 Å². The van der Waals surface area contributed by atoms with Gasteiger partial charge in [-0.1, -0.05) is 48.5 Å². The second-order valence-corrected chi connectivity index (χ2v) is 9.65. The fourth-order valence-electron chi connectivity index (χ4n) is 5.11. The molecule has 6 rings (SSSR count). The zero-order valence-electron chi connectivity index (χ0n) is 20.5. The van der Waals surface area contributed by atoms with E-state index in [1.807, 2.05) is 41.4 Å². The van der Waals surface area contributed by atoms with Crippen molar-refractivity contribution in [2.75, 3.05) is 18.4 Å². The van der Waals surface area contributed by atoms with Gasteiger partial charge >= 0.3 is 0 Å². The van der Waals surface area contributed by atoms with Crippen LogP contribution in [0.3, 0.4) is 0 Å². The molecule has 1 fully saturated rings. The molecule has 8 heteroatoms. The predicted octanol–water partition coefficient (Wildman–Crippen LogP) is 3.63. The van der Waals surface area contributed by atoms with Gasteiger partial charge in [-0.2, -0.15) is 9.61 Å². The Labute approximate surface area is 217 Å². The predicted molar refractivity (Wildman–Crippen MR) is 146 cm³/mol. The van der Waals surface area contributed by atoms with Gasteiger partial charge in [-0.25, -0.2) is 4.98 Å². The molecule has 5 aromatic rings. The van der Waals surface area contributed by atoms with Crippen molar-refractivity contribution in [3.63, 3.8) is 0 Å². The number of nitrogens with zero attached hydrogens (tertiary/aromatic N) is 5. The van der Waals surface area contributed by atoms with Crippen LogP contribution in [-0.2, 0) is 17.8 Å². The van der Waals surface area contributed by atoms with Gasteiger partial charge in [0, 0.05) is 50.2 Å². The molecule has 7 nitrogen and oxygen atoms in total. The van der Waals surface area contributed by atoms with Gasteiger partial charge in [0.15, 0.2) is 5.65 Å². The summed E-state index contributed by atoms with van der Waals surface area (Å²) >= 11 is 0. The molecule has 1 amide bonds. The lowest BCUT2D eigenvalue weighted by molar-refractivity contribution is -0.131. The maximum atomic E-state index is 13.3. The van der Waals surface area contributed by atoms with Crippen molar-refractivity contribution in [1.82, 2.24) is 24.5 Å². The van der Waals surface area contributed by atoms with E-state index in [4.69, 9.17) is 12.8 Å². The fourth-order valence-corrected chi connectivity index (χ4v) is 5.11. The molecule has 3 aromatic heterocycles. The Bertz CT molecular complexity index is 1570. The van der Waals surface area contributed by atoms with Crippen molar-refractivity contribution in [2.24, 2.45) is 0 Å². The van der Waals surface area contributed by atoms with Crippen LogP contribution in [0.15, 0.2) is 79.3 Å². The third-order valence-corrected chi connectivity index (χ3v) is 7.08. The molecule has 2 radical (unpaired) electrons. The second kappa shape index (κ2) is 10.0. The Morgan fingerprint density at radius 3 is 2.78 bits per heavy atom. The standard InChI is InChI=1S/C29H27BN6O/c30-25-18-33-36-27(32-17-21-5-3-11-31-16-21)15-26(34-29(25)36)24-8-4-12-35(19-24)28(37)14-20-9-10-22-6-1-2-7-23(22)13-20/h1-3,5-7,9-11,13,15-16,18,24,32H,4,8,12,14,17,19H2. The summed E-state index contributed by atoms with van der Waals surface area (Å²) < 4.78 is 1.74.